The Labute approximate surface area is 177 Å². The van der Waals surface area contributed by atoms with Crippen molar-refractivity contribution in [2.45, 2.75) is 25.4 Å². The van der Waals surface area contributed by atoms with Crippen molar-refractivity contribution >= 4 is 45.3 Å². The second kappa shape index (κ2) is 6.89. The van der Waals surface area contributed by atoms with Gasteiger partial charge in [0.15, 0.2) is 5.78 Å². The zero-order valence-electron chi connectivity index (χ0n) is 15.0. The molecule has 1 atom stereocenters. The monoisotopic (exact) mass is 428 g/mol. The molecule has 142 valence electrons. The molecule has 2 aliphatic rings. The highest BCUT2D eigenvalue weighted by Crippen LogP contribution is 2.46. The summed E-state index contributed by atoms with van der Waals surface area (Å²) in [6.45, 7) is 2.59. The van der Waals surface area contributed by atoms with Crippen LogP contribution in [-0.4, -0.2) is 17.2 Å². The van der Waals surface area contributed by atoms with Crippen LogP contribution in [0.15, 0.2) is 42.5 Å². The van der Waals surface area contributed by atoms with Gasteiger partial charge in [0.2, 0.25) is 0 Å². The average molecular weight is 429 g/mol. The van der Waals surface area contributed by atoms with Crippen molar-refractivity contribution in [1.82, 2.24) is 4.90 Å². The Morgan fingerprint density at radius 3 is 2.68 bits per heavy atom. The lowest BCUT2D eigenvalue weighted by Gasteiger charge is -2.33. The van der Waals surface area contributed by atoms with Crippen LogP contribution in [0.2, 0.25) is 10.0 Å². The first-order valence-corrected chi connectivity index (χ1v) is 10.8. The lowest BCUT2D eigenvalue weighted by Crippen LogP contribution is -2.33. The van der Waals surface area contributed by atoms with Crippen LogP contribution in [0.1, 0.15) is 43.4 Å². The molecule has 0 fully saturated rings. The van der Waals surface area contributed by atoms with Crippen molar-refractivity contribution in [2.75, 3.05) is 12.3 Å². The fraction of sp³-hybridized carbons (Fsp3) is 0.227. The Bertz CT molecular complexity index is 1090. The van der Waals surface area contributed by atoms with Gasteiger partial charge in [-0.2, -0.15) is 0 Å². The van der Waals surface area contributed by atoms with Gasteiger partial charge in [-0.15, -0.1) is 11.3 Å². The number of benzene rings is 2. The molecule has 6 heteroatoms. The van der Waals surface area contributed by atoms with E-state index in [1.807, 2.05) is 12.1 Å². The number of carbonyl (C=O) groups excluding carboxylic acids is 1. The van der Waals surface area contributed by atoms with Crippen LogP contribution in [0.5, 0.6) is 0 Å². The Morgan fingerprint density at radius 2 is 1.89 bits per heavy atom. The molecule has 2 heterocycles. The quantitative estimate of drug-likeness (QED) is 0.583. The summed E-state index contributed by atoms with van der Waals surface area (Å²) in [4.78, 5) is 16.9. The third-order valence-corrected chi connectivity index (χ3v) is 7.38. The summed E-state index contributed by atoms with van der Waals surface area (Å²) in [5.74, 6) is 0.195. The van der Waals surface area contributed by atoms with Crippen LogP contribution < -0.4 is 5.73 Å². The van der Waals surface area contributed by atoms with Crippen molar-refractivity contribution < 1.29 is 4.79 Å². The number of thiophene rings is 1. The Kier molecular flexibility index (Phi) is 4.48. The van der Waals surface area contributed by atoms with Gasteiger partial charge in [0, 0.05) is 36.0 Å². The molecule has 28 heavy (non-hydrogen) atoms. The Hall–Kier alpha value is -1.85. The van der Waals surface area contributed by atoms with Crippen LogP contribution >= 0.6 is 34.5 Å². The highest BCUT2D eigenvalue weighted by atomic mass is 35.5. The summed E-state index contributed by atoms with van der Waals surface area (Å²) in [6.07, 6.45) is 0.763. The molecule has 0 spiro atoms. The smallest absolute Gasteiger partial charge is 0.196 e. The summed E-state index contributed by atoms with van der Waals surface area (Å²) < 4.78 is 0. The maximum atomic E-state index is 13.3. The van der Waals surface area contributed by atoms with Gasteiger partial charge in [0.25, 0.3) is 0 Å². The fourth-order valence-corrected chi connectivity index (χ4v) is 6.01. The number of anilines is 1. The van der Waals surface area contributed by atoms with Gasteiger partial charge < -0.3 is 5.73 Å². The molecule has 0 saturated carbocycles. The number of hydrogen-bond acceptors (Lipinski definition) is 4. The number of rotatable bonds is 2. The van der Waals surface area contributed by atoms with Crippen LogP contribution in [0.25, 0.3) is 0 Å². The molecule has 1 unspecified atom stereocenters. The van der Waals surface area contributed by atoms with Gasteiger partial charge in [0.05, 0.1) is 20.6 Å². The fourth-order valence-electron chi connectivity index (χ4n) is 4.46. The summed E-state index contributed by atoms with van der Waals surface area (Å²) >= 11 is 14.0. The highest BCUT2D eigenvalue weighted by Gasteiger charge is 2.37. The zero-order chi connectivity index (χ0) is 19.4. The van der Waals surface area contributed by atoms with E-state index < -0.39 is 0 Å². The average Bonchev–Trinajstić information content (AvgIpc) is 2.94. The number of halogens is 2. The van der Waals surface area contributed by atoms with Crippen molar-refractivity contribution in [3.8, 4) is 0 Å². The minimum absolute atomic E-state index is 0.0254. The minimum atomic E-state index is -0.0254. The number of carbonyl (C=O) groups is 1. The second-order valence-electron chi connectivity index (χ2n) is 7.49. The van der Waals surface area contributed by atoms with Crippen LogP contribution in [0.4, 0.5) is 5.00 Å². The standard InChI is InChI=1S/C22H18Cl2N2OS/c23-16-7-13-6-14-10-26(9-12-4-2-1-3-5-12)11-18-19(14)20(22(25)28-18)21(27)15(13)8-17(16)24/h1-5,7-8,14H,6,9-11,25H2. The lowest BCUT2D eigenvalue weighted by molar-refractivity contribution is 0.103. The van der Waals surface area contributed by atoms with E-state index in [9.17, 15) is 4.79 Å². The first kappa shape index (κ1) is 18.2. The molecule has 0 bridgehead atoms. The molecular formula is C22H18Cl2N2OS. The maximum Gasteiger partial charge on any atom is 0.196 e. The van der Waals surface area contributed by atoms with E-state index in [1.165, 1.54) is 10.4 Å². The Morgan fingerprint density at radius 1 is 1.14 bits per heavy atom. The summed E-state index contributed by atoms with van der Waals surface area (Å²) in [6, 6.07) is 14.0. The van der Waals surface area contributed by atoms with Crippen molar-refractivity contribution in [3.05, 3.63) is 85.2 Å². The normalized spacial score (nSPS) is 18.5. The van der Waals surface area contributed by atoms with Gasteiger partial charge in [-0.1, -0.05) is 53.5 Å². The van der Waals surface area contributed by atoms with E-state index in [0.29, 0.717) is 26.2 Å². The number of nitrogens with zero attached hydrogens (tertiary/aromatic N) is 1. The number of fused-ring (bicyclic) bond motifs is 1. The van der Waals surface area contributed by atoms with E-state index in [-0.39, 0.29) is 11.7 Å². The summed E-state index contributed by atoms with van der Waals surface area (Å²) in [5, 5.41) is 1.51. The number of nitrogen functional groups attached to an aromatic ring is 1. The first-order chi connectivity index (χ1) is 13.5. The molecule has 1 aromatic heterocycles. The van der Waals surface area contributed by atoms with E-state index >= 15 is 0 Å². The number of nitrogens with two attached hydrogens (primary N) is 1. The van der Waals surface area contributed by atoms with E-state index in [4.69, 9.17) is 28.9 Å². The molecular weight excluding hydrogens is 411 g/mol. The van der Waals surface area contributed by atoms with Gasteiger partial charge in [-0.25, -0.2) is 0 Å². The van der Waals surface area contributed by atoms with E-state index in [2.05, 4.69) is 29.2 Å². The van der Waals surface area contributed by atoms with Crippen molar-refractivity contribution in [3.63, 3.8) is 0 Å². The lowest BCUT2D eigenvalue weighted by atomic mass is 9.88. The first-order valence-electron chi connectivity index (χ1n) is 9.21. The van der Waals surface area contributed by atoms with Crippen LogP contribution in [0.3, 0.4) is 0 Å². The zero-order valence-corrected chi connectivity index (χ0v) is 17.4. The molecule has 2 N–H and O–H groups in total. The van der Waals surface area contributed by atoms with Crippen molar-refractivity contribution in [1.29, 1.82) is 0 Å². The van der Waals surface area contributed by atoms with E-state index in [1.54, 1.807) is 17.4 Å². The third kappa shape index (κ3) is 2.96. The summed E-state index contributed by atoms with van der Waals surface area (Å²) in [5.41, 5.74) is 11.0. The topological polar surface area (TPSA) is 46.3 Å². The largest absolute Gasteiger partial charge is 0.390 e. The molecule has 0 saturated heterocycles. The molecule has 2 aromatic carbocycles. The van der Waals surface area contributed by atoms with Crippen LogP contribution in [-0.2, 0) is 19.5 Å². The molecule has 0 amide bonds. The third-order valence-electron chi connectivity index (χ3n) is 5.64. The van der Waals surface area contributed by atoms with Crippen molar-refractivity contribution in [2.24, 2.45) is 0 Å². The number of ketones is 1. The number of hydrogen-bond donors (Lipinski definition) is 1. The second-order valence-corrected chi connectivity index (χ2v) is 9.44. The summed E-state index contributed by atoms with van der Waals surface area (Å²) in [7, 11) is 0. The Balaban J connectivity index is 1.58. The molecule has 0 radical (unpaired) electrons. The predicted octanol–water partition coefficient (Wildman–Crippen LogP) is 5.52. The SMILES string of the molecule is Nc1sc2c3c1C(=O)c1cc(Cl)c(Cl)cc1CC3CN(Cc1ccccc1)C2. The van der Waals surface area contributed by atoms with Gasteiger partial charge in [-0.3, -0.25) is 9.69 Å². The minimum Gasteiger partial charge on any atom is -0.390 e. The molecule has 1 aliphatic carbocycles. The highest BCUT2D eigenvalue weighted by molar-refractivity contribution is 7.16. The molecule has 5 rings (SSSR count). The molecule has 3 nitrogen and oxygen atoms in total. The van der Waals surface area contributed by atoms with Crippen LogP contribution in [0, 0.1) is 0 Å². The van der Waals surface area contributed by atoms with Gasteiger partial charge >= 0.3 is 0 Å². The molecule has 1 aliphatic heterocycles. The van der Waals surface area contributed by atoms with Gasteiger partial charge in [-0.05, 0) is 35.2 Å². The molecule has 3 aromatic rings. The predicted molar refractivity (Wildman–Crippen MR) is 116 cm³/mol. The maximum absolute atomic E-state index is 13.3. The van der Waals surface area contributed by atoms with E-state index in [0.717, 1.165) is 37.2 Å². The van der Waals surface area contributed by atoms with Gasteiger partial charge in [0.1, 0.15) is 0 Å².